The van der Waals surface area contributed by atoms with Gasteiger partial charge in [-0.3, -0.25) is 30.2 Å². The summed E-state index contributed by atoms with van der Waals surface area (Å²) < 4.78 is 0. The molecular formula is C23H22ClN5O3S. The van der Waals surface area contributed by atoms with E-state index < -0.39 is 11.8 Å². The summed E-state index contributed by atoms with van der Waals surface area (Å²) in [6, 6.07) is 10.6. The molecule has 1 aliphatic rings. The molecule has 8 nitrogen and oxygen atoms in total. The zero-order valence-corrected chi connectivity index (χ0v) is 19.2. The van der Waals surface area contributed by atoms with Crippen LogP contribution < -0.4 is 10.9 Å². The van der Waals surface area contributed by atoms with Crippen molar-refractivity contribution in [2.24, 2.45) is 0 Å². The number of hydrogen-bond donors (Lipinski definition) is 2. The average molecular weight is 484 g/mol. The Morgan fingerprint density at radius 3 is 2.55 bits per heavy atom. The number of aromatic nitrogens is 2. The number of thiazole rings is 1. The van der Waals surface area contributed by atoms with Gasteiger partial charge in [-0.25, -0.2) is 4.98 Å². The molecule has 3 aromatic rings. The van der Waals surface area contributed by atoms with Gasteiger partial charge in [-0.1, -0.05) is 29.8 Å². The molecule has 3 amide bonds. The molecule has 0 unspecified atom stereocenters. The first-order chi connectivity index (χ1) is 16.0. The lowest BCUT2D eigenvalue weighted by Crippen LogP contribution is -2.41. The second-order valence-corrected chi connectivity index (χ2v) is 8.94. The summed E-state index contributed by atoms with van der Waals surface area (Å²) in [4.78, 5) is 47.2. The van der Waals surface area contributed by atoms with Crippen molar-refractivity contribution in [1.29, 1.82) is 0 Å². The third-order valence-corrected chi connectivity index (χ3v) is 6.84. The van der Waals surface area contributed by atoms with Crippen LogP contribution in [0.4, 0.5) is 0 Å². The third kappa shape index (κ3) is 5.74. The van der Waals surface area contributed by atoms with Crippen LogP contribution in [0.25, 0.3) is 0 Å². The number of benzene rings is 1. The lowest BCUT2D eigenvalue weighted by molar-refractivity contribution is -0.131. The van der Waals surface area contributed by atoms with Gasteiger partial charge in [-0.2, -0.15) is 0 Å². The summed E-state index contributed by atoms with van der Waals surface area (Å²) in [5.74, 6) is -0.696. The zero-order chi connectivity index (χ0) is 23.2. The number of pyridine rings is 1. The van der Waals surface area contributed by atoms with E-state index in [1.165, 1.54) is 17.5 Å². The molecule has 0 radical (unpaired) electrons. The fourth-order valence-corrected chi connectivity index (χ4v) is 4.79. The first-order valence-corrected chi connectivity index (χ1v) is 11.7. The predicted molar refractivity (Wildman–Crippen MR) is 125 cm³/mol. The zero-order valence-electron chi connectivity index (χ0n) is 17.7. The number of carbonyl (C=O) groups excluding carboxylic acids is 3. The highest BCUT2D eigenvalue weighted by Gasteiger charge is 2.26. The number of carbonyl (C=O) groups is 3. The van der Waals surface area contributed by atoms with Crippen LogP contribution in [0.5, 0.6) is 0 Å². The van der Waals surface area contributed by atoms with E-state index in [4.69, 9.17) is 11.6 Å². The summed E-state index contributed by atoms with van der Waals surface area (Å²) in [5, 5.41) is 3.14. The van der Waals surface area contributed by atoms with E-state index in [0.717, 1.165) is 23.4 Å². The fraction of sp³-hybridized carbons (Fsp3) is 0.261. The molecule has 10 heteroatoms. The number of nitrogens with zero attached hydrogens (tertiary/aromatic N) is 3. The van der Waals surface area contributed by atoms with E-state index in [2.05, 4.69) is 20.8 Å². The fourth-order valence-electron chi connectivity index (χ4n) is 3.62. The highest BCUT2D eigenvalue weighted by molar-refractivity contribution is 7.09. The first kappa shape index (κ1) is 22.9. The van der Waals surface area contributed by atoms with Gasteiger partial charge in [-0.05, 0) is 36.6 Å². The van der Waals surface area contributed by atoms with Crippen LogP contribution in [0.1, 0.15) is 50.2 Å². The Labute approximate surface area is 200 Å². The smallest absolute Gasteiger partial charge is 0.289 e. The topological polar surface area (TPSA) is 104 Å². The molecule has 2 N–H and O–H groups in total. The Hall–Kier alpha value is -3.30. The van der Waals surface area contributed by atoms with Crippen molar-refractivity contribution < 1.29 is 14.4 Å². The highest BCUT2D eigenvalue weighted by Crippen LogP contribution is 2.30. The van der Waals surface area contributed by atoms with Crippen molar-refractivity contribution in [3.05, 3.63) is 81.0 Å². The Morgan fingerprint density at radius 1 is 1.06 bits per heavy atom. The summed E-state index contributed by atoms with van der Waals surface area (Å²) in [5.41, 5.74) is 6.16. The number of hydrazine groups is 1. The van der Waals surface area contributed by atoms with E-state index >= 15 is 0 Å². The molecule has 1 aliphatic heterocycles. The van der Waals surface area contributed by atoms with Crippen molar-refractivity contribution >= 4 is 40.7 Å². The Kier molecular flexibility index (Phi) is 7.31. The van der Waals surface area contributed by atoms with E-state index in [0.29, 0.717) is 23.7 Å². The van der Waals surface area contributed by atoms with E-state index in [1.54, 1.807) is 29.8 Å². The monoisotopic (exact) mass is 483 g/mol. The molecule has 1 aromatic carbocycles. The quantitative estimate of drug-likeness (QED) is 0.542. The van der Waals surface area contributed by atoms with Crippen molar-refractivity contribution in [2.45, 2.75) is 25.2 Å². The van der Waals surface area contributed by atoms with Crippen LogP contribution in [0.3, 0.4) is 0 Å². The van der Waals surface area contributed by atoms with Gasteiger partial charge in [0.05, 0.1) is 17.0 Å². The number of rotatable bonds is 5. The molecule has 1 fully saturated rings. The number of piperidine rings is 1. The van der Waals surface area contributed by atoms with Crippen LogP contribution >= 0.6 is 22.9 Å². The molecule has 1 saturated heterocycles. The van der Waals surface area contributed by atoms with Crippen LogP contribution in [0.2, 0.25) is 5.02 Å². The Bertz CT molecular complexity index is 1150. The van der Waals surface area contributed by atoms with Crippen molar-refractivity contribution in [1.82, 2.24) is 25.7 Å². The van der Waals surface area contributed by atoms with E-state index in [-0.39, 0.29) is 23.9 Å². The molecule has 33 heavy (non-hydrogen) atoms. The number of hydrogen-bond acceptors (Lipinski definition) is 6. The van der Waals surface area contributed by atoms with Crippen molar-refractivity contribution in [2.75, 3.05) is 13.1 Å². The number of nitrogens with one attached hydrogen (secondary N) is 2. The SMILES string of the molecule is O=C(NNC(=O)c1csc(C2CCN(C(=O)Cc3ccccc3Cl)CC2)n1)c1cccnc1. The van der Waals surface area contributed by atoms with Crippen LogP contribution in [0.15, 0.2) is 54.2 Å². The summed E-state index contributed by atoms with van der Waals surface area (Å²) in [7, 11) is 0. The maximum atomic E-state index is 12.6. The standard InChI is InChI=1S/C23H22ClN5O3S/c24-18-6-2-1-4-16(18)12-20(30)29-10-7-15(8-11-29)23-26-19(14-33-23)22(32)28-27-21(31)17-5-3-9-25-13-17/h1-6,9,13-15H,7-8,10-12H2,(H,27,31)(H,28,32). The summed E-state index contributed by atoms with van der Waals surface area (Å²) in [6.07, 6.45) is 4.82. The molecule has 0 bridgehead atoms. The maximum absolute atomic E-state index is 12.6. The molecule has 0 saturated carbocycles. The van der Waals surface area contributed by atoms with Gasteiger partial charge in [0.25, 0.3) is 11.8 Å². The van der Waals surface area contributed by atoms with Crippen LogP contribution in [-0.4, -0.2) is 45.7 Å². The summed E-state index contributed by atoms with van der Waals surface area (Å²) >= 11 is 7.59. The maximum Gasteiger partial charge on any atom is 0.289 e. The molecule has 4 rings (SSSR count). The normalized spacial score (nSPS) is 14.0. The Balaban J connectivity index is 1.27. The van der Waals surface area contributed by atoms with Crippen molar-refractivity contribution in [3.63, 3.8) is 0 Å². The molecule has 2 aromatic heterocycles. The van der Waals surface area contributed by atoms with Gasteiger partial charge in [0.2, 0.25) is 5.91 Å². The Morgan fingerprint density at radius 2 is 1.82 bits per heavy atom. The molecule has 0 aliphatic carbocycles. The number of halogens is 1. The minimum atomic E-state index is -0.484. The largest absolute Gasteiger partial charge is 0.342 e. The number of likely N-dealkylation sites (tertiary alicyclic amines) is 1. The number of amides is 3. The molecule has 170 valence electrons. The average Bonchev–Trinajstić information content (AvgIpc) is 3.35. The lowest BCUT2D eigenvalue weighted by Gasteiger charge is -2.31. The van der Waals surface area contributed by atoms with Gasteiger partial charge < -0.3 is 4.90 Å². The van der Waals surface area contributed by atoms with Crippen LogP contribution in [0, 0.1) is 0 Å². The molecule has 0 spiro atoms. The second kappa shape index (κ2) is 10.5. The van der Waals surface area contributed by atoms with E-state index in [1.807, 2.05) is 23.1 Å². The molecular weight excluding hydrogens is 462 g/mol. The van der Waals surface area contributed by atoms with Gasteiger partial charge >= 0.3 is 0 Å². The van der Waals surface area contributed by atoms with Gasteiger partial charge in [0.15, 0.2) is 0 Å². The molecule has 3 heterocycles. The molecule has 0 atom stereocenters. The third-order valence-electron chi connectivity index (χ3n) is 5.46. The minimum absolute atomic E-state index is 0.0603. The van der Waals surface area contributed by atoms with Crippen molar-refractivity contribution in [3.8, 4) is 0 Å². The van der Waals surface area contributed by atoms with Gasteiger partial charge in [-0.15, -0.1) is 11.3 Å². The minimum Gasteiger partial charge on any atom is -0.342 e. The van der Waals surface area contributed by atoms with Gasteiger partial charge in [0, 0.05) is 41.8 Å². The predicted octanol–water partition coefficient (Wildman–Crippen LogP) is 3.22. The lowest BCUT2D eigenvalue weighted by atomic mass is 9.97. The van der Waals surface area contributed by atoms with Crippen LogP contribution in [-0.2, 0) is 11.2 Å². The van der Waals surface area contributed by atoms with Gasteiger partial charge in [0.1, 0.15) is 5.69 Å². The highest BCUT2D eigenvalue weighted by atomic mass is 35.5. The summed E-state index contributed by atoms with van der Waals surface area (Å²) in [6.45, 7) is 1.27. The second-order valence-electron chi connectivity index (χ2n) is 7.64. The first-order valence-electron chi connectivity index (χ1n) is 10.5. The van der Waals surface area contributed by atoms with E-state index in [9.17, 15) is 14.4 Å².